The van der Waals surface area contributed by atoms with Crippen LogP contribution in [0, 0.1) is 12.8 Å². The van der Waals surface area contributed by atoms with Crippen LogP contribution in [0.5, 0.6) is 0 Å². The summed E-state index contributed by atoms with van der Waals surface area (Å²) < 4.78 is 5.31. The molecule has 1 aromatic carbocycles. The second-order valence-corrected chi connectivity index (χ2v) is 6.91. The summed E-state index contributed by atoms with van der Waals surface area (Å²) in [6.07, 6.45) is 1.22. The van der Waals surface area contributed by atoms with Gasteiger partial charge in [0.2, 0.25) is 0 Å². The Labute approximate surface area is 142 Å². The summed E-state index contributed by atoms with van der Waals surface area (Å²) in [5.41, 5.74) is 3.83. The van der Waals surface area contributed by atoms with Crippen molar-refractivity contribution in [1.82, 2.24) is 4.98 Å². The Morgan fingerprint density at radius 2 is 1.96 bits per heavy atom. The van der Waals surface area contributed by atoms with Crippen LogP contribution >= 0.6 is 0 Å². The van der Waals surface area contributed by atoms with Crippen molar-refractivity contribution in [2.75, 3.05) is 6.61 Å². The number of ether oxygens (including phenoxy) is 1. The average molecular weight is 325 g/mol. The zero-order chi connectivity index (χ0) is 17.3. The van der Waals surface area contributed by atoms with E-state index in [1.165, 1.54) is 0 Å². The van der Waals surface area contributed by atoms with Gasteiger partial charge in [0.1, 0.15) is 5.69 Å². The largest absolute Gasteiger partial charge is 0.461 e. The first kappa shape index (κ1) is 16.5. The van der Waals surface area contributed by atoms with Crippen molar-refractivity contribution in [3.63, 3.8) is 0 Å². The Hall–Kier alpha value is -2.36. The van der Waals surface area contributed by atoms with Gasteiger partial charge in [-0.1, -0.05) is 44.2 Å². The normalized spacial score (nSPS) is 17.0. The van der Waals surface area contributed by atoms with Gasteiger partial charge >= 0.3 is 5.97 Å². The minimum absolute atomic E-state index is 0.0989. The Balaban J connectivity index is 1.87. The minimum atomic E-state index is -0.375. The number of aromatic nitrogens is 1. The highest BCUT2D eigenvalue weighted by Crippen LogP contribution is 2.35. The van der Waals surface area contributed by atoms with Crippen LogP contribution in [0.25, 0.3) is 0 Å². The molecule has 0 saturated heterocycles. The second kappa shape index (κ2) is 6.63. The van der Waals surface area contributed by atoms with Gasteiger partial charge in [-0.15, -0.1) is 0 Å². The lowest BCUT2D eigenvalue weighted by atomic mass is 9.81. The van der Waals surface area contributed by atoms with Crippen LogP contribution in [-0.2, 0) is 11.2 Å². The lowest BCUT2D eigenvalue weighted by molar-refractivity contribution is 0.0451. The van der Waals surface area contributed by atoms with E-state index in [2.05, 4.69) is 17.1 Å². The number of carbonyl (C=O) groups excluding carboxylic acids is 2. The van der Waals surface area contributed by atoms with Gasteiger partial charge in [0, 0.05) is 17.7 Å². The summed E-state index contributed by atoms with van der Waals surface area (Å²) in [5.74, 6) is 0.160. The van der Waals surface area contributed by atoms with E-state index in [4.69, 9.17) is 4.74 Å². The van der Waals surface area contributed by atoms with Crippen molar-refractivity contribution < 1.29 is 14.3 Å². The zero-order valence-corrected chi connectivity index (χ0v) is 14.4. The van der Waals surface area contributed by atoms with Crippen molar-refractivity contribution in [3.05, 3.63) is 58.4 Å². The molecule has 3 rings (SSSR count). The Bertz CT molecular complexity index is 759. The number of benzene rings is 1. The van der Waals surface area contributed by atoms with Gasteiger partial charge in [-0.25, -0.2) is 4.79 Å². The van der Waals surface area contributed by atoms with E-state index in [1.807, 2.05) is 39.0 Å². The van der Waals surface area contributed by atoms with Crippen LogP contribution in [0.2, 0.25) is 0 Å². The van der Waals surface area contributed by atoms with Crippen molar-refractivity contribution in [3.8, 4) is 0 Å². The fourth-order valence-electron chi connectivity index (χ4n) is 3.31. The van der Waals surface area contributed by atoms with E-state index in [0.717, 1.165) is 23.2 Å². The zero-order valence-electron chi connectivity index (χ0n) is 14.4. The minimum Gasteiger partial charge on any atom is -0.461 e. The number of nitrogens with one attached hydrogen (secondary N) is 1. The van der Waals surface area contributed by atoms with Crippen LogP contribution in [-0.4, -0.2) is 23.3 Å². The van der Waals surface area contributed by atoms with Crippen molar-refractivity contribution in [2.45, 2.75) is 39.5 Å². The molecule has 0 radical (unpaired) electrons. The molecule has 1 atom stereocenters. The first-order valence-corrected chi connectivity index (χ1v) is 8.44. The smallest absolute Gasteiger partial charge is 0.355 e. The Morgan fingerprint density at radius 1 is 1.25 bits per heavy atom. The molecule has 1 N–H and O–H groups in total. The Kier molecular flexibility index (Phi) is 4.56. The molecule has 0 spiro atoms. The van der Waals surface area contributed by atoms with Gasteiger partial charge in [0.15, 0.2) is 5.78 Å². The Morgan fingerprint density at radius 3 is 2.62 bits per heavy atom. The lowest BCUT2D eigenvalue weighted by Gasteiger charge is -2.22. The molecule has 0 saturated carbocycles. The maximum absolute atomic E-state index is 12.6. The molecule has 0 unspecified atom stereocenters. The quantitative estimate of drug-likeness (QED) is 0.863. The third-order valence-corrected chi connectivity index (χ3v) is 4.51. The van der Waals surface area contributed by atoms with Crippen LogP contribution in [0.3, 0.4) is 0 Å². The maximum Gasteiger partial charge on any atom is 0.355 e. The van der Waals surface area contributed by atoms with Crippen LogP contribution < -0.4 is 0 Å². The number of fused-ring (bicyclic) bond motifs is 1. The first-order valence-electron chi connectivity index (χ1n) is 8.44. The number of Topliss-reactive ketones (excluding diaryl/α,β-unsaturated/α-hetero) is 1. The number of carbonyl (C=O) groups is 2. The molecule has 1 heterocycles. The van der Waals surface area contributed by atoms with Crippen LogP contribution in [0.15, 0.2) is 30.3 Å². The van der Waals surface area contributed by atoms with Crippen LogP contribution in [0.1, 0.15) is 63.9 Å². The summed E-state index contributed by atoms with van der Waals surface area (Å²) in [4.78, 5) is 28.1. The van der Waals surface area contributed by atoms with E-state index >= 15 is 0 Å². The number of hydrogen-bond acceptors (Lipinski definition) is 3. The van der Waals surface area contributed by atoms with E-state index in [9.17, 15) is 9.59 Å². The molecule has 0 bridgehead atoms. The topological polar surface area (TPSA) is 59.2 Å². The van der Waals surface area contributed by atoms with Gasteiger partial charge in [0.25, 0.3) is 0 Å². The summed E-state index contributed by atoms with van der Waals surface area (Å²) in [5, 5.41) is 0. The fraction of sp³-hybridized carbons (Fsp3) is 0.400. The molecule has 0 aliphatic heterocycles. The molecule has 4 nitrogen and oxygen atoms in total. The molecule has 2 aromatic rings. The summed E-state index contributed by atoms with van der Waals surface area (Å²) in [6.45, 7) is 6.19. The third-order valence-electron chi connectivity index (χ3n) is 4.51. The number of hydrogen-bond donors (Lipinski definition) is 1. The SMILES string of the molecule is Cc1c(C(=O)OCC(C)C)[nH]c2c1C(=O)C[C@@H](c1ccccc1)C2. The van der Waals surface area contributed by atoms with Crippen molar-refractivity contribution in [1.29, 1.82) is 0 Å². The molecule has 0 fully saturated rings. The lowest BCUT2D eigenvalue weighted by Crippen LogP contribution is -2.18. The van der Waals surface area contributed by atoms with E-state index < -0.39 is 0 Å². The van der Waals surface area contributed by atoms with Gasteiger partial charge in [-0.3, -0.25) is 4.79 Å². The highest BCUT2D eigenvalue weighted by atomic mass is 16.5. The highest BCUT2D eigenvalue weighted by Gasteiger charge is 2.32. The summed E-state index contributed by atoms with van der Waals surface area (Å²) >= 11 is 0. The van der Waals surface area contributed by atoms with Crippen molar-refractivity contribution >= 4 is 11.8 Å². The summed E-state index contributed by atoms with van der Waals surface area (Å²) in [7, 11) is 0. The van der Waals surface area contributed by atoms with Gasteiger partial charge in [0.05, 0.1) is 6.61 Å². The third kappa shape index (κ3) is 3.14. The van der Waals surface area contributed by atoms with Gasteiger partial charge < -0.3 is 9.72 Å². The number of rotatable bonds is 4. The van der Waals surface area contributed by atoms with Crippen molar-refractivity contribution in [2.24, 2.45) is 5.92 Å². The molecule has 1 aliphatic rings. The molecule has 24 heavy (non-hydrogen) atoms. The summed E-state index contributed by atoms with van der Waals surface area (Å²) in [6, 6.07) is 10.1. The average Bonchev–Trinajstić information content (AvgIpc) is 2.90. The predicted molar refractivity (Wildman–Crippen MR) is 92.5 cm³/mol. The molecule has 0 amide bonds. The predicted octanol–water partition coefficient (Wildman–Crippen LogP) is 4.05. The molecular weight excluding hydrogens is 302 g/mol. The molecule has 4 heteroatoms. The molecule has 1 aromatic heterocycles. The standard InChI is InChI=1S/C20H23NO3/c1-12(2)11-24-20(23)19-13(3)18-16(21-19)9-15(10-17(18)22)14-7-5-4-6-8-14/h4-8,12,15,21H,9-11H2,1-3H3/t15-/m0/s1. The maximum atomic E-state index is 12.6. The highest BCUT2D eigenvalue weighted by molar-refractivity contribution is 6.03. The number of H-pyrrole nitrogens is 1. The molecule has 1 aliphatic carbocycles. The number of aromatic amines is 1. The van der Waals surface area contributed by atoms with E-state index in [-0.39, 0.29) is 23.6 Å². The first-order chi connectivity index (χ1) is 11.5. The monoisotopic (exact) mass is 325 g/mol. The van der Waals surface area contributed by atoms with E-state index in [0.29, 0.717) is 24.3 Å². The van der Waals surface area contributed by atoms with E-state index in [1.54, 1.807) is 0 Å². The second-order valence-electron chi connectivity index (χ2n) is 6.91. The van der Waals surface area contributed by atoms with Gasteiger partial charge in [-0.05, 0) is 36.3 Å². The molecular formula is C20H23NO3. The number of ketones is 1. The van der Waals surface area contributed by atoms with Crippen LogP contribution in [0.4, 0.5) is 0 Å². The molecule has 126 valence electrons. The van der Waals surface area contributed by atoms with Gasteiger partial charge in [-0.2, -0.15) is 0 Å². The number of esters is 1. The fourth-order valence-corrected chi connectivity index (χ4v) is 3.31.